The monoisotopic (exact) mass is 852 g/mol. The number of aliphatic hydroxyl groups excluding tert-OH is 2. The predicted octanol–water partition coefficient (Wildman–Crippen LogP) is 15.4. The lowest BCUT2D eigenvalue weighted by Gasteiger charge is -2.24. The second-order valence-corrected chi connectivity index (χ2v) is 17.3. The normalized spacial score (nSPS) is 13.9. The Morgan fingerprint density at radius 3 is 1.41 bits per heavy atom. The number of hydrogen-bond acceptors (Lipinski definition) is 5. The predicted molar refractivity (Wildman–Crippen MR) is 264 cm³/mol. The molecule has 0 rings (SSSR count). The van der Waals surface area contributed by atoms with E-state index in [1.807, 2.05) is 42.5 Å². The first-order valence-electron chi connectivity index (χ1n) is 25.7. The summed E-state index contributed by atoms with van der Waals surface area (Å²) in [5.41, 5.74) is 0. The van der Waals surface area contributed by atoms with Gasteiger partial charge in [-0.3, -0.25) is 9.59 Å². The molecule has 352 valence electrons. The van der Waals surface area contributed by atoms with E-state index in [9.17, 15) is 19.8 Å². The summed E-state index contributed by atoms with van der Waals surface area (Å²) in [5.74, 6) is -0.539. The van der Waals surface area contributed by atoms with Crippen LogP contribution in [0.25, 0.3) is 0 Å². The summed E-state index contributed by atoms with van der Waals surface area (Å²) >= 11 is 0. The van der Waals surface area contributed by atoms with Crippen LogP contribution in [-0.2, 0) is 14.3 Å². The van der Waals surface area contributed by atoms with E-state index in [0.29, 0.717) is 19.3 Å². The van der Waals surface area contributed by atoms with Crippen molar-refractivity contribution in [3.8, 4) is 0 Å². The summed E-state index contributed by atoms with van der Waals surface area (Å²) in [6.07, 6.45) is 61.0. The maximum atomic E-state index is 13.2. The molecule has 3 N–H and O–H groups in total. The topological polar surface area (TPSA) is 95.9 Å². The van der Waals surface area contributed by atoms with Gasteiger partial charge in [-0.25, -0.2) is 0 Å². The number of amides is 1. The van der Waals surface area contributed by atoms with Crippen molar-refractivity contribution >= 4 is 11.9 Å². The molecule has 0 saturated carbocycles. The average Bonchev–Trinajstić information content (AvgIpc) is 3.25. The van der Waals surface area contributed by atoms with Gasteiger partial charge in [0.05, 0.1) is 25.2 Å². The highest BCUT2D eigenvalue weighted by Crippen LogP contribution is 2.17. The number of nitrogens with one attached hydrogen (secondary N) is 1. The minimum atomic E-state index is -0.801. The Labute approximate surface area is 377 Å². The molecule has 0 aromatic carbocycles. The van der Waals surface area contributed by atoms with Crippen molar-refractivity contribution in [1.29, 1.82) is 0 Å². The highest BCUT2D eigenvalue weighted by atomic mass is 16.5. The highest BCUT2D eigenvalue weighted by Gasteiger charge is 2.24. The Kier molecular flexibility index (Phi) is 46.2. The molecule has 3 atom stereocenters. The van der Waals surface area contributed by atoms with E-state index in [-0.39, 0.29) is 24.9 Å². The molecule has 0 bridgehead atoms. The van der Waals surface area contributed by atoms with Crippen molar-refractivity contribution in [2.45, 2.75) is 257 Å². The number of ether oxygens (including phenoxy) is 1. The second kappa shape index (κ2) is 48.3. The van der Waals surface area contributed by atoms with Gasteiger partial charge in [-0.1, -0.05) is 229 Å². The Morgan fingerprint density at radius 2 is 0.902 bits per heavy atom. The third kappa shape index (κ3) is 43.7. The molecule has 0 radical (unpaired) electrons. The lowest BCUT2D eigenvalue weighted by Crippen LogP contribution is -2.46. The van der Waals surface area contributed by atoms with Crippen molar-refractivity contribution < 1.29 is 24.5 Å². The molecule has 6 nitrogen and oxygen atoms in total. The Bertz CT molecular complexity index is 1140. The first kappa shape index (κ1) is 58.3. The highest BCUT2D eigenvalue weighted by molar-refractivity contribution is 5.77. The van der Waals surface area contributed by atoms with E-state index >= 15 is 0 Å². The summed E-state index contributed by atoms with van der Waals surface area (Å²) in [5, 5.41) is 23.8. The van der Waals surface area contributed by atoms with Gasteiger partial charge in [0, 0.05) is 6.42 Å². The molecule has 0 aromatic heterocycles. The van der Waals surface area contributed by atoms with Crippen molar-refractivity contribution in [3.05, 3.63) is 72.9 Å². The fourth-order valence-corrected chi connectivity index (χ4v) is 7.50. The Morgan fingerprint density at radius 1 is 0.492 bits per heavy atom. The van der Waals surface area contributed by atoms with E-state index in [1.165, 1.54) is 109 Å². The molecule has 1 amide bonds. The van der Waals surface area contributed by atoms with Crippen LogP contribution in [0.1, 0.15) is 239 Å². The van der Waals surface area contributed by atoms with Crippen LogP contribution in [0, 0.1) is 0 Å². The second-order valence-electron chi connectivity index (χ2n) is 17.3. The van der Waals surface area contributed by atoms with Crippen LogP contribution in [0.4, 0.5) is 0 Å². The number of esters is 1. The third-order valence-corrected chi connectivity index (χ3v) is 11.4. The minimum Gasteiger partial charge on any atom is -0.462 e. The maximum absolute atomic E-state index is 13.2. The molecule has 0 spiro atoms. The summed E-state index contributed by atoms with van der Waals surface area (Å²) in [7, 11) is 0. The number of allylic oxidation sites excluding steroid dienone is 12. The number of aliphatic hydroxyl groups is 2. The van der Waals surface area contributed by atoms with Gasteiger partial charge in [-0.05, 0) is 70.6 Å². The summed E-state index contributed by atoms with van der Waals surface area (Å²) in [6, 6.07) is -0.717. The SMILES string of the molecule is CC/C=C/C=C/C=C\C=C/C=C/CCCCCC(=O)OC(CCCCC/C=C/CCCCCCCCC)CC(=O)NC(CO)C(O)CCCCCCCCCCCCCCC. The smallest absolute Gasteiger partial charge is 0.306 e. The first-order chi connectivity index (χ1) is 30.0. The molecular weight excluding hydrogens is 755 g/mol. The van der Waals surface area contributed by atoms with Crippen molar-refractivity contribution in [3.63, 3.8) is 0 Å². The Hall–Kier alpha value is -2.70. The number of hydrogen-bond donors (Lipinski definition) is 3. The molecule has 3 unspecified atom stereocenters. The first-order valence-corrected chi connectivity index (χ1v) is 25.7. The quantitative estimate of drug-likeness (QED) is 0.0245. The van der Waals surface area contributed by atoms with Crippen LogP contribution in [0.3, 0.4) is 0 Å². The number of carbonyl (C=O) groups is 2. The average molecular weight is 852 g/mol. The maximum Gasteiger partial charge on any atom is 0.306 e. The van der Waals surface area contributed by atoms with Crippen molar-refractivity contribution in [2.75, 3.05) is 6.61 Å². The van der Waals surface area contributed by atoms with Gasteiger partial charge in [0.15, 0.2) is 0 Å². The molecule has 0 heterocycles. The number of carbonyl (C=O) groups excluding carboxylic acids is 2. The van der Waals surface area contributed by atoms with Crippen LogP contribution >= 0.6 is 0 Å². The van der Waals surface area contributed by atoms with E-state index in [2.05, 4.69) is 56.5 Å². The van der Waals surface area contributed by atoms with Gasteiger partial charge in [0.2, 0.25) is 5.91 Å². The van der Waals surface area contributed by atoms with Crippen molar-refractivity contribution in [2.24, 2.45) is 0 Å². The zero-order chi connectivity index (χ0) is 44.5. The van der Waals surface area contributed by atoms with Crippen molar-refractivity contribution in [1.82, 2.24) is 5.32 Å². The van der Waals surface area contributed by atoms with Gasteiger partial charge in [-0.15, -0.1) is 0 Å². The molecular formula is C55H97NO5. The van der Waals surface area contributed by atoms with Crippen LogP contribution < -0.4 is 5.32 Å². The van der Waals surface area contributed by atoms with Crippen LogP contribution in [-0.4, -0.2) is 46.9 Å². The zero-order valence-electron chi connectivity index (χ0n) is 40.0. The van der Waals surface area contributed by atoms with Crippen LogP contribution in [0.5, 0.6) is 0 Å². The summed E-state index contributed by atoms with van der Waals surface area (Å²) in [4.78, 5) is 26.1. The lowest BCUT2D eigenvalue weighted by atomic mass is 10.0. The fourth-order valence-electron chi connectivity index (χ4n) is 7.50. The fraction of sp³-hybridized carbons (Fsp3) is 0.745. The van der Waals surface area contributed by atoms with E-state index in [1.54, 1.807) is 0 Å². The summed E-state index contributed by atoms with van der Waals surface area (Å²) in [6.45, 7) is 6.32. The molecule has 0 fully saturated rings. The van der Waals surface area contributed by atoms with Gasteiger partial charge in [0.25, 0.3) is 0 Å². The van der Waals surface area contributed by atoms with E-state index < -0.39 is 18.2 Å². The molecule has 0 saturated heterocycles. The molecule has 0 aromatic rings. The number of rotatable bonds is 45. The van der Waals surface area contributed by atoms with Gasteiger partial charge >= 0.3 is 5.97 Å². The Balaban J connectivity index is 4.69. The molecule has 0 aliphatic carbocycles. The van der Waals surface area contributed by atoms with E-state index in [4.69, 9.17) is 4.74 Å². The molecule has 6 heteroatoms. The van der Waals surface area contributed by atoms with Gasteiger partial charge in [0.1, 0.15) is 6.10 Å². The molecule has 0 aliphatic heterocycles. The number of unbranched alkanes of at least 4 members (excludes halogenated alkanes) is 25. The van der Waals surface area contributed by atoms with Crippen LogP contribution in [0.2, 0.25) is 0 Å². The van der Waals surface area contributed by atoms with Gasteiger partial charge < -0.3 is 20.3 Å². The zero-order valence-corrected chi connectivity index (χ0v) is 40.0. The molecule has 0 aliphatic rings. The third-order valence-electron chi connectivity index (χ3n) is 11.4. The summed E-state index contributed by atoms with van der Waals surface area (Å²) < 4.78 is 5.91. The largest absolute Gasteiger partial charge is 0.462 e. The van der Waals surface area contributed by atoms with Crippen LogP contribution in [0.15, 0.2) is 72.9 Å². The van der Waals surface area contributed by atoms with Gasteiger partial charge in [-0.2, -0.15) is 0 Å². The lowest BCUT2D eigenvalue weighted by molar-refractivity contribution is -0.151. The molecule has 61 heavy (non-hydrogen) atoms. The minimum absolute atomic E-state index is 0.0474. The standard InChI is InChI=1S/C55H97NO5/c1-4-7-10-13-16-19-22-25-27-30-33-36-39-42-45-48-55(60)61-51(46-43-40-37-34-31-29-26-23-20-17-14-11-8-5-2)49-54(59)56-52(50-57)53(58)47-44-41-38-35-32-28-24-21-18-15-12-9-6-3/h7,10,13,16,19,22,25,27,29-31,33,51-53,57-58H,4-6,8-9,11-12,14-15,17-18,20-21,23-24,26,28,32,34-50H2,1-3H3,(H,56,59)/b10-7+,16-13+,22-19-,27-25-,31-29+,33-30+. The van der Waals surface area contributed by atoms with E-state index in [0.717, 1.165) is 83.5 Å².